The predicted molar refractivity (Wildman–Crippen MR) is 91.4 cm³/mol. The van der Waals surface area contributed by atoms with E-state index in [-0.39, 0.29) is 31.1 Å². The van der Waals surface area contributed by atoms with E-state index in [1.54, 1.807) is 15.8 Å². The maximum absolute atomic E-state index is 12.7. The number of rotatable bonds is 6. The van der Waals surface area contributed by atoms with Gasteiger partial charge in [0.25, 0.3) is 0 Å². The Hall–Kier alpha value is -2.67. The summed E-state index contributed by atoms with van der Waals surface area (Å²) in [6, 6.07) is 10.7. The first-order chi connectivity index (χ1) is 12.1. The zero-order valence-electron chi connectivity index (χ0n) is 14.2. The van der Waals surface area contributed by atoms with Gasteiger partial charge in [-0.3, -0.25) is 14.3 Å². The first-order valence-electron chi connectivity index (χ1n) is 8.32. The van der Waals surface area contributed by atoms with Crippen LogP contribution in [0.15, 0.2) is 48.8 Å². The van der Waals surface area contributed by atoms with Crippen molar-refractivity contribution in [3.8, 4) is 0 Å². The smallest absolute Gasteiger partial charge is 0.249 e. The van der Waals surface area contributed by atoms with Crippen molar-refractivity contribution in [2.75, 3.05) is 13.2 Å². The lowest BCUT2D eigenvalue weighted by atomic mass is 10.1. The molecule has 1 N–H and O–H groups in total. The zero-order chi connectivity index (χ0) is 17.6. The van der Waals surface area contributed by atoms with Crippen molar-refractivity contribution in [1.82, 2.24) is 20.0 Å². The van der Waals surface area contributed by atoms with Crippen LogP contribution >= 0.6 is 0 Å². The van der Waals surface area contributed by atoms with E-state index in [2.05, 4.69) is 10.4 Å². The summed E-state index contributed by atoms with van der Waals surface area (Å²) in [5, 5.41) is 7.09. The van der Waals surface area contributed by atoms with Gasteiger partial charge in [0, 0.05) is 25.0 Å². The third-order valence-corrected chi connectivity index (χ3v) is 4.10. The average molecular weight is 342 g/mol. The highest BCUT2D eigenvalue weighted by molar-refractivity contribution is 5.89. The number of hydrogen-bond donors (Lipinski definition) is 1. The number of carbonyl (C=O) groups excluding carboxylic acids is 2. The Labute approximate surface area is 146 Å². The summed E-state index contributed by atoms with van der Waals surface area (Å²) in [4.78, 5) is 26.5. The molecule has 2 atom stereocenters. The van der Waals surface area contributed by atoms with Crippen LogP contribution in [-0.4, -0.2) is 51.8 Å². The summed E-state index contributed by atoms with van der Waals surface area (Å²) < 4.78 is 7.06. The number of carbonyl (C=O) groups is 2. The number of nitrogens with zero attached hydrogens (tertiary/aromatic N) is 3. The highest BCUT2D eigenvalue weighted by atomic mass is 16.5. The Bertz CT molecular complexity index is 702. The normalized spacial score (nSPS) is 18.8. The van der Waals surface area contributed by atoms with Crippen LogP contribution in [0.25, 0.3) is 0 Å². The summed E-state index contributed by atoms with van der Waals surface area (Å²) in [6.07, 6.45) is 3.54. The van der Waals surface area contributed by atoms with Gasteiger partial charge in [-0.25, -0.2) is 0 Å². The van der Waals surface area contributed by atoms with Gasteiger partial charge < -0.3 is 15.0 Å². The molecule has 1 fully saturated rings. The number of amides is 2. The molecule has 2 aromatic rings. The fraction of sp³-hybridized carbons (Fsp3) is 0.389. The van der Waals surface area contributed by atoms with Gasteiger partial charge in [0.2, 0.25) is 11.8 Å². The summed E-state index contributed by atoms with van der Waals surface area (Å²) in [6.45, 7) is 3.10. The Morgan fingerprint density at radius 2 is 2.16 bits per heavy atom. The van der Waals surface area contributed by atoms with Crippen molar-refractivity contribution >= 4 is 11.8 Å². The second kappa shape index (κ2) is 7.94. The lowest BCUT2D eigenvalue weighted by Crippen LogP contribution is -2.57. The summed E-state index contributed by atoms with van der Waals surface area (Å²) in [5.74, 6) is -0.376. The van der Waals surface area contributed by atoms with Gasteiger partial charge >= 0.3 is 0 Å². The Balaban J connectivity index is 1.64. The molecule has 1 aromatic heterocycles. The standard InChI is InChI=1S/C18H22N4O3/c1-14(10-21-9-5-8-19-21)20-18(24)16-12-25-13-17(23)22(16)11-15-6-3-2-4-7-15/h2-9,14,16H,10-13H2,1H3,(H,20,24)/t14-,16+/m0/s1. The van der Waals surface area contributed by atoms with Crippen LogP contribution in [0.3, 0.4) is 0 Å². The van der Waals surface area contributed by atoms with Crippen LogP contribution in [0.5, 0.6) is 0 Å². The van der Waals surface area contributed by atoms with E-state index in [1.807, 2.05) is 49.5 Å². The Morgan fingerprint density at radius 3 is 2.88 bits per heavy atom. The van der Waals surface area contributed by atoms with Crippen LogP contribution in [0.4, 0.5) is 0 Å². The van der Waals surface area contributed by atoms with Gasteiger partial charge in [0.05, 0.1) is 13.2 Å². The van der Waals surface area contributed by atoms with Gasteiger partial charge in [-0.1, -0.05) is 30.3 Å². The van der Waals surface area contributed by atoms with E-state index >= 15 is 0 Å². The number of morpholine rings is 1. The fourth-order valence-electron chi connectivity index (χ4n) is 2.87. The number of aromatic nitrogens is 2. The maximum Gasteiger partial charge on any atom is 0.249 e. The molecule has 3 rings (SSSR count). The third kappa shape index (κ3) is 4.45. The quantitative estimate of drug-likeness (QED) is 0.843. The highest BCUT2D eigenvalue weighted by Crippen LogP contribution is 2.14. The van der Waals surface area contributed by atoms with Crippen molar-refractivity contribution in [1.29, 1.82) is 0 Å². The molecule has 7 heteroatoms. The first-order valence-corrected chi connectivity index (χ1v) is 8.32. The lowest BCUT2D eigenvalue weighted by Gasteiger charge is -2.35. The van der Waals surface area contributed by atoms with Gasteiger partial charge in [-0.2, -0.15) is 5.10 Å². The molecule has 132 valence electrons. The number of benzene rings is 1. The van der Waals surface area contributed by atoms with E-state index in [1.165, 1.54) is 0 Å². The number of ether oxygens (including phenoxy) is 1. The first kappa shape index (κ1) is 17.2. The third-order valence-electron chi connectivity index (χ3n) is 4.10. The molecule has 0 spiro atoms. The average Bonchev–Trinajstić information content (AvgIpc) is 3.10. The molecule has 1 saturated heterocycles. The molecule has 7 nitrogen and oxygen atoms in total. The highest BCUT2D eigenvalue weighted by Gasteiger charge is 2.34. The summed E-state index contributed by atoms with van der Waals surface area (Å²) in [5.41, 5.74) is 0.986. The molecular formula is C18H22N4O3. The van der Waals surface area contributed by atoms with Crippen LogP contribution in [0, 0.1) is 0 Å². The van der Waals surface area contributed by atoms with Gasteiger partial charge in [-0.05, 0) is 18.6 Å². The number of hydrogen-bond acceptors (Lipinski definition) is 4. The van der Waals surface area contributed by atoms with E-state index in [9.17, 15) is 9.59 Å². The monoisotopic (exact) mass is 342 g/mol. The molecule has 1 aromatic carbocycles. The molecule has 2 amide bonds. The summed E-state index contributed by atoms with van der Waals surface area (Å²) >= 11 is 0. The Morgan fingerprint density at radius 1 is 1.36 bits per heavy atom. The van der Waals surface area contributed by atoms with Crippen LogP contribution in [0.2, 0.25) is 0 Å². The van der Waals surface area contributed by atoms with Gasteiger partial charge in [0.1, 0.15) is 12.6 Å². The van der Waals surface area contributed by atoms with Crippen LogP contribution in [-0.2, 0) is 27.4 Å². The largest absolute Gasteiger partial charge is 0.369 e. The van der Waals surface area contributed by atoms with E-state index < -0.39 is 6.04 Å². The minimum atomic E-state index is -0.624. The second-order valence-corrected chi connectivity index (χ2v) is 6.18. The minimum Gasteiger partial charge on any atom is -0.369 e. The van der Waals surface area contributed by atoms with E-state index in [0.29, 0.717) is 13.1 Å². The molecule has 2 heterocycles. The molecule has 0 bridgehead atoms. The van der Waals surface area contributed by atoms with Gasteiger partial charge in [0.15, 0.2) is 0 Å². The second-order valence-electron chi connectivity index (χ2n) is 6.18. The predicted octanol–water partition coefficient (Wildman–Crippen LogP) is 0.815. The van der Waals surface area contributed by atoms with Crippen LogP contribution < -0.4 is 5.32 Å². The molecule has 25 heavy (non-hydrogen) atoms. The van der Waals surface area contributed by atoms with Crippen molar-refractivity contribution in [3.63, 3.8) is 0 Å². The Kier molecular flexibility index (Phi) is 5.45. The fourth-order valence-corrected chi connectivity index (χ4v) is 2.87. The SMILES string of the molecule is C[C@@H](Cn1cccn1)NC(=O)[C@H]1COCC(=O)N1Cc1ccccc1. The van der Waals surface area contributed by atoms with E-state index in [4.69, 9.17) is 4.74 Å². The summed E-state index contributed by atoms with van der Waals surface area (Å²) in [7, 11) is 0. The van der Waals surface area contributed by atoms with Crippen molar-refractivity contribution in [2.24, 2.45) is 0 Å². The molecular weight excluding hydrogens is 320 g/mol. The van der Waals surface area contributed by atoms with Crippen molar-refractivity contribution in [2.45, 2.75) is 32.1 Å². The minimum absolute atomic E-state index is 0.0133. The van der Waals surface area contributed by atoms with Gasteiger partial charge in [-0.15, -0.1) is 0 Å². The number of nitrogens with one attached hydrogen (secondary N) is 1. The van der Waals surface area contributed by atoms with Crippen molar-refractivity contribution in [3.05, 3.63) is 54.4 Å². The molecule has 0 radical (unpaired) electrons. The lowest BCUT2D eigenvalue weighted by molar-refractivity contribution is -0.155. The molecule has 0 saturated carbocycles. The maximum atomic E-state index is 12.7. The molecule has 1 aliphatic heterocycles. The molecule has 0 unspecified atom stereocenters. The van der Waals surface area contributed by atoms with Crippen molar-refractivity contribution < 1.29 is 14.3 Å². The van der Waals surface area contributed by atoms with Crippen LogP contribution in [0.1, 0.15) is 12.5 Å². The molecule has 0 aliphatic carbocycles. The zero-order valence-corrected chi connectivity index (χ0v) is 14.2. The van der Waals surface area contributed by atoms with E-state index in [0.717, 1.165) is 5.56 Å². The molecule has 1 aliphatic rings. The topological polar surface area (TPSA) is 76.5 Å².